The predicted octanol–water partition coefficient (Wildman–Crippen LogP) is 3.54. The van der Waals surface area contributed by atoms with Crippen LogP contribution in [0.15, 0.2) is 36.4 Å². The van der Waals surface area contributed by atoms with Gasteiger partial charge in [0, 0.05) is 29.2 Å². The minimum atomic E-state index is -0.455. The molecule has 0 bridgehead atoms. The standard InChI is InChI=1S/C14H15N3O2/c1-9-3-10(2)5-12(4-9)16-13-6-11(15)7-14(8-13)17(18)19/h3-8,16H,15H2,1-2H3. The van der Waals surface area contributed by atoms with Crippen LogP contribution in [0, 0.1) is 24.0 Å². The Hall–Kier alpha value is -2.56. The van der Waals surface area contributed by atoms with Gasteiger partial charge in [0.15, 0.2) is 0 Å². The molecule has 0 radical (unpaired) electrons. The molecule has 98 valence electrons. The maximum Gasteiger partial charge on any atom is 0.273 e. The Bertz CT molecular complexity index is 618. The van der Waals surface area contributed by atoms with E-state index >= 15 is 0 Å². The molecule has 5 heteroatoms. The second-order valence-electron chi connectivity index (χ2n) is 4.57. The first-order valence-electron chi connectivity index (χ1n) is 5.84. The Labute approximate surface area is 111 Å². The summed E-state index contributed by atoms with van der Waals surface area (Å²) in [6, 6.07) is 10.5. The Morgan fingerprint density at radius 3 is 2.16 bits per heavy atom. The molecule has 2 aromatic carbocycles. The number of rotatable bonds is 3. The molecule has 0 unspecified atom stereocenters. The van der Waals surface area contributed by atoms with Crippen LogP contribution in [0.4, 0.5) is 22.7 Å². The molecule has 0 heterocycles. The number of benzene rings is 2. The molecule has 0 aromatic heterocycles. The van der Waals surface area contributed by atoms with Gasteiger partial charge in [0.2, 0.25) is 0 Å². The number of anilines is 3. The minimum Gasteiger partial charge on any atom is -0.398 e. The fourth-order valence-electron chi connectivity index (χ4n) is 2.03. The van der Waals surface area contributed by atoms with Gasteiger partial charge >= 0.3 is 0 Å². The number of aryl methyl sites for hydroxylation is 2. The number of nitrogens with zero attached hydrogens (tertiary/aromatic N) is 1. The van der Waals surface area contributed by atoms with Crippen molar-refractivity contribution in [2.24, 2.45) is 0 Å². The molecule has 0 fully saturated rings. The van der Waals surface area contributed by atoms with E-state index in [1.165, 1.54) is 12.1 Å². The molecule has 0 aliphatic heterocycles. The number of hydrogen-bond donors (Lipinski definition) is 2. The number of nitro benzene ring substituents is 1. The van der Waals surface area contributed by atoms with Gasteiger partial charge in [-0.05, 0) is 43.2 Å². The molecule has 2 rings (SSSR count). The summed E-state index contributed by atoms with van der Waals surface area (Å²) < 4.78 is 0. The molecule has 0 amide bonds. The lowest BCUT2D eigenvalue weighted by Gasteiger charge is -2.09. The van der Waals surface area contributed by atoms with Gasteiger partial charge in [0.1, 0.15) is 0 Å². The molecule has 0 spiro atoms. The van der Waals surface area contributed by atoms with E-state index in [9.17, 15) is 10.1 Å². The Morgan fingerprint density at radius 2 is 1.58 bits per heavy atom. The summed E-state index contributed by atoms with van der Waals surface area (Å²) >= 11 is 0. The van der Waals surface area contributed by atoms with E-state index in [0.29, 0.717) is 11.4 Å². The van der Waals surface area contributed by atoms with Gasteiger partial charge in [-0.3, -0.25) is 10.1 Å². The lowest BCUT2D eigenvalue weighted by molar-refractivity contribution is -0.384. The van der Waals surface area contributed by atoms with Crippen molar-refractivity contribution in [2.45, 2.75) is 13.8 Å². The monoisotopic (exact) mass is 257 g/mol. The van der Waals surface area contributed by atoms with E-state index in [2.05, 4.69) is 11.4 Å². The van der Waals surface area contributed by atoms with Crippen molar-refractivity contribution >= 4 is 22.7 Å². The predicted molar refractivity (Wildman–Crippen MR) is 76.7 cm³/mol. The summed E-state index contributed by atoms with van der Waals surface area (Å²) in [6.45, 7) is 4.00. The third kappa shape index (κ3) is 3.22. The number of nitrogens with two attached hydrogens (primary N) is 1. The number of nitrogens with one attached hydrogen (secondary N) is 1. The van der Waals surface area contributed by atoms with Crippen molar-refractivity contribution in [2.75, 3.05) is 11.1 Å². The maximum atomic E-state index is 10.8. The first kappa shape index (κ1) is 12.9. The van der Waals surface area contributed by atoms with Crippen LogP contribution >= 0.6 is 0 Å². The third-order valence-electron chi connectivity index (χ3n) is 2.66. The van der Waals surface area contributed by atoms with Crippen molar-refractivity contribution in [1.82, 2.24) is 0 Å². The lowest BCUT2D eigenvalue weighted by Crippen LogP contribution is -1.96. The molecule has 0 aliphatic rings. The number of nitro groups is 1. The number of non-ortho nitro benzene ring substituents is 1. The highest BCUT2D eigenvalue weighted by molar-refractivity contribution is 5.68. The number of hydrogen-bond acceptors (Lipinski definition) is 4. The molecule has 0 saturated heterocycles. The van der Waals surface area contributed by atoms with Crippen molar-refractivity contribution in [3.63, 3.8) is 0 Å². The van der Waals surface area contributed by atoms with Gasteiger partial charge < -0.3 is 11.1 Å². The van der Waals surface area contributed by atoms with Crippen LogP contribution in [0.2, 0.25) is 0 Å². The highest BCUT2D eigenvalue weighted by Crippen LogP contribution is 2.26. The van der Waals surface area contributed by atoms with Gasteiger partial charge in [0.25, 0.3) is 5.69 Å². The summed E-state index contributed by atoms with van der Waals surface area (Å²) in [5, 5.41) is 13.9. The van der Waals surface area contributed by atoms with Crippen LogP contribution in [0.5, 0.6) is 0 Å². The van der Waals surface area contributed by atoms with Gasteiger partial charge in [-0.15, -0.1) is 0 Å². The van der Waals surface area contributed by atoms with Crippen LogP contribution in [-0.2, 0) is 0 Å². The SMILES string of the molecule is Cc1cc(C)cc(Nc2cc(N)cc([N+](=O)[O-])c2)c1. The first-order chi connectivity index (χ1) is 8.94. The fourth-order valence-corrected chi connectivity index (χ4v) is 2.03. The smallest absolute Gasteiger partial charge is 0.273 e. The van der Waals surface area contributed by atoms with Crippen LogP contribution < -0.4 is 11.1 Å². The van der Waals surface area contributed by atoms with E-state index in [1.807, 2.05) is 26.0 Å². The molecule has 19 heavy (non-hydrogen) atoms. The normalized spacial score (nSPS) is 10.2. The van der Waals surface area contributed by atoms with Crippen LogP contribution in [0.1, 0.15) is 11.1 Å². The molecule has 0 saturated carbocycles. The summed E-state index contributed by atoms with van der Waals surface area (Å²) in [5.41, 5.74) is 9.75. The molecule has 2 aromatic rings. The maximum absolute atomic E-state index is 10.8. The van der Waals surface area contributed by atoms with E-state index in [-0.39, 0.29) is 5.69 Å². The lowest BCUT2D eigenvalue weighted by atomic mass is 10.1. The number of nitrogen functional groups attached to an aromatic ring is 1. The fraction of sp³-hybridized carbons (Fsp3) is 0.143. The Kier molecular flexibility index (Phi) is 3.37. The minimum absolute atomic E-state index is 0.0214. The molecule has 0 aliphatic carbocycles. The molecule has 5 nitrogen and oxygen atoms in total. The summed E-state index contributed by atoms with van der Waals surface area (Å²) in [4.78, 5) is 10.3. The Balaban J connectivity index is 2.35. The van der Waals surface area contributed by atoms with Crippen molar-refractivity contribution in [3.05, 3.63) is 57.6 Å². The highest BCUT2D eigenvalue weighted by Gasteiger charge is 2.08. The van der Waals surface area contributed by atoms with Crippen molar-refractivity contribution in [1.29, 1.82) is 0 Å². The average molecular weight is 257 g/mol. The van der Waals surface area contributed by atoms with Crippen molar-refractivity contribution < 1.29 is 4.92 Å². The molecular weight excluding hydrogens is 242 g/mol. The summed E-state index contributed by atoms with van der Waals surface area (Å²) in [6.07, 6.45) is 0. The van der Waals surface area contributed by atoms with Gasteiger partial charge in [0.05, 0.1) is 4.92 Å². The van der Waals surface area contributed by atoms with Gasteiger partial charge in [-0.2, -0.15) is 0 Å². The average Bonchev–Trinajstić information content (AvgIpc) is 2.26. The molecule has 3 N–H and O–H groups in total. The van der Waals surface area contributed by atoms with Gasteiger partial charge in [-0.1, -0.05) is 6.07 Å². The molecule has 0 atom stereocenters. The third-order valence-corrected chi connectivity index (χ3v) is 2.66. The largest absolute Gasteiger partial charge is 0.398 e. The zero-order valence-electron chi connectivity index (χ0n) is 10.8. The van der Waals surface area contributed by atoms with E-state index in [4.69, 9.17) is 5.73 Å². The summed E-state index contributed by atoms with van der Waals surface area (Å²) in [5.74, 6) is 0. The zero-order valence-corrected chi connectivity index (χ0v) is 10.8. The second kappa shape index (κ2) is 4.97. The topological polar surface area (TPSA) is 81.2 Å². The highest BCUT2D eigenvalue weighted by atomic mass is 16.6. The van der Waals surface area contributed by atoms with Gasteiger partial charge in [-0.25, -0.2) is 0 Å². The quantitative estimate of drug-likeness (QED) is 0.500. The van der Waals surface area contributed by atoms with Crippen molar-refractivity contribution in [3.8, 4) is 0 Å². The van der Waals surface area contributed by atoms with Crippen LogP contribution in [0.3, 0.4) is 0 Å². The van der Waals surface area contributed by atoms with E-state index < -0.39 is 4.92 Å². The van der Waals surface area contributed by atoms with E-state index in [1.54, 1.807) is 6.07 Å². The Morgan fingerprint density at radius 1 is 1.00 bits per heavy atom. The van der Waals surface area contributed by atoms with Crippen LogP contribution in [0.25, 0.3) is 0 Å². The molecular formula is C14H15N3O2. The second-order valence-corrected chi connectivity index (χ2v) is 4.57. The zero-order chi connectivity index (χ0) is 14.0. The first-order valence-corrected chi connectivity index (χ1v) is 5.84. The van der Waals surface area contributed by atoms with Crippen LogP contribution in [-0.4, -0.2) is 4.92 Å². The summed E-state index contributed by atoms with van der Waals surface area (Å²) in [7, 11) is 0. The van der Waals surface area contributed by atoms with E-state index in [0.717, 1.165) is 16.8 Å².